The highest BCUT2D eigenvalue weighted by Gasteiger charge is 1.95. The highest BCUT2D eigenvalue weighted by Crippen LogP contribution is 1.91. The second kappa shape index (κ2) is 5.20. The Kier molecular flexibility index (Phi) is 4.55. The first kappa shape index (κ1) is 10.5. The average molecular weight is 164 g/mol. The number of hydrogen-bond donors (Lipinski definition) is 1. The molecule has 0 heterocycles. The van der Waals surface area contributed by atoms with Crippen molar-refractivity contribution < 1.29 is 9.90 Å². The molecule has 2 heteroatoms. The highest BCUT2D eigenvalue weighted by atomic mass is 16.4. The predicted molar refractivity (Wildman–Crippen MR) is 48.6 cm³/mol. The lowest BCUT2D eigenvalue weighted by Gasteiger charge is -1.85. The summed E-state index contributed by atoms with van der Waals surface area (Å²) in [7, 11) is 0. The van der Waals surface area contributed by atoms with Gasteiger partial charge in [0, 0.05) is 5.57 Å². The lowest BCUT2D eigenvalue weighted by molar-refractivity contribution is -0.132. The van der Waals surface area contributed by atoms with Crippen molar-refractivity contribution in [3.05, 3.63) is 23.3 Å². The lowest BCUT2D eigenvalue weighted by Crippen LogP contribution is -1.94. The third-order valence-electron chi connectivity index (χ3n) is 1.33. The Balaban J connectivity index is 4.37. The van der Waals surface area contributed by atoms with E-state index in [0.29, 0.717) is 0 Å². The summed E-state index contributed by atoms with van der Waals surface area (Å²) in [6.07, 6.45) is 3.27. The van der Waals surface area contributed by atoms with Crippen LogP contribution in [-0.2, 0) is 4.79 Å². The summed E-state index contributed by atoms with van der Waals surface area (Å²) in [5.41, 5.74) is 1.19. The molecule has 0 aliphatic carbocycles. The molecule has 0 fully saturated rings. The summed E-state index contributed by atoms with van der Waals surface area (Å²) in [6.45, 7) is 5.27. The first-order valence-electron chi connectivity index (χ1n) is 3.62. The minimum atomic E-state index is -0.928. The van der Waals surface area contributed by atoms with Gasteiger partial charge >= 0.3 is 5.97 Å². The second-order valence-electron chi connectivity index (χ2n) is 2.37. The fraction of sp³-hybridized carbons (Fsp3) is 0.300. The molecule has 0 saturated heterocycles. The van der Waals surface area contributed by atoms with Crippen molar-refractivity contribution >= 4 is 5.97 Å². The molecule has 64 valence electrons. The van der Waals surface area contributed by atoms with Crippen molar-refractivity contribution in [2.24, 2.45) is 0 Å². The van der Waals surface area contributed by atoms with Crippen LogP contribution >= 0.6 is 0 Å². The molecule has 0 saturated carbocycles. The Morgan fingerprint density at radius 3 is 2.42 bits per heavy atom. The minimum Gasteiger partial charge on any atom is -0.478 e. The van der Waals surface area contributed by atoms with Crippen LogP contribution in [0.1, 0.15) is 20.8 Å². The molecule has 0 amide bonds. The number of hydrogen-bond acceptors (Lipinski definition) is 1. The summed E-state index contributed by atoms with van der Waals surface area (Å²) in [5, 5.41) is 8.45. The Morgan fingerprint density at radius 2 is 2.00 bits per heavy atom. The first-order chi connectivity index (χ1) is 5.57. The third-order valence-corrected chi connectivity index (χ3v) is 1.33. The zero-order valence-corrected chi connectivity index (χ0v) is 7.51. The number of allylic oxidation sites excluding steroid dienone is 3. The molecule has 0 aromatic heterocycles. The Bertz CT molecular complexity index is 285. The zero-order valence-electron chi connectivity index (χ0n) is 7.51. The van der Waals surface area contributed by atoms with Crippen LogP contribution < -0.4 is 0 Å². The molecule has 0 rings (SSSR count). The van der Waals surface area contributed by atoms with Crippen LogP contribution in [0.2, 0.25) is 0 Å². The molecule has 0 radical (unpaired) electrons. The van der Waals surface area contributed by atoms with Gasteiger partial charge in [0.15, 0.2) is 0 Å². The van der Waals surface area contributed by atoms with E-state index in [2.05, 4.69) is 11.8 Å². The first-order valence-corrected chi connectivity index (χ1v) is 3.62. The van der Waals surface area contributed by atoms with Gasteiger partial charge in [0.25, 0.3) is 0 Å². The van der Waals surface area contributed by atoms with E-state index >= 15 is 0 Å². The van der Waals surface area contributed by atoms with Crippen LogP contribution in [0.25, 0.3) is 0 Å². The van der Waals surface area contributed by atoms with Gasteiger partial charge in [-0.3, -0.25) is 0 Å². The van der Waals surface area contributed by atoms with Crippen LogP contribution in [0, 0.1) is 11.8 Å². The van der Waals surface area contributed by atoms with Gasteiger partial charge in [-0.15, -0.1) is 0 Å². The van der Waals surface area contributed by atoms with Crippen molar-refractivity contribution in [2.45, 2.75) is 20.8 Å². The molecule has 12 heavy (non-hydrogen) atoms. The summed E-state index contributed by atoms with van der Waals surface area (Å²) in [6, 6.07) is 0. The van der Waals surface area contributed by atoms with Crippen molar-refractivity contribution in [1.29, 1.82) is 0 Å². The Hall–Kier alpha value is -1.49. The average Bonchev–Trinajstić information content (AvgIpc) is 2.03. The number of carboxylic acid groups (broad SMARTS) is 1. The summed E-state index contributed by atoms with van der Waals surface area (Å²) in [4.78, 5) is 10.3. The maximum absolute atomic E-state index is 10.3. The van der Waals surface area contributed by atoms with Crippen LogP contribution in [0.4, 0.5) is 0 Å². The van der Waals surface area contributed by atoms with E-state index in [9.17, 15) is 4.79 Å². The van der Waals surface area contributed by atoms with Crippen LogP contribution in [0.15, 0.2) is 23.3 Å². The van der Waals surface area contributed by atoms with E-state index in [1.807, 2.05) is 19.9 Å². The molecular weight excluding hydrogens is 152 g/mol. The fourth-order valence-electron chi connectivity index (χ4n) is 0.392. The van der Waals surface area contributed by atoms with Gasteiger partial charge in [-0.1, -0.05) is 17.9 Å². The number of rotatable bonds is 1. The molecule has 2 nitrogen and oxygen atoms in total. The van der Waals surface area contributed by atoms with Gasteiger partial charge in [0.2, 0.25) is 0 Å². The molecule has 0 spiro atoms. The normalized spacial score (nSPS) is 11.9. The maximum atomic E-state index is 10.3. The fourth-order valence-corrected chi connectivity index (χ4v) is 0.392. The molecule has 0 unspecified atom stereocenters. The van der Waals surface area contributed by atoms with Crippen LogP contribution in [-0.4, -0.2) is 11.1 Å². The Morgan fingerprint density at radius 1 is 1.42 bits per heavy atom. The molecule has 0 aromatic rings. The smallest absolute Gasteiger partial charge is 0.331 e. The van der Waals surface area contributed by atoms with Crippen molar-refractivity contribution in [3.63, 3.8) is 0 Å². The lowest BCUT2D eigenvalue weighted by atomic mass is 10.2. The second-order valence-corrected chi connectivity index (χ2v) is 2.37. The standard InChI is InChI=1S/C10H12O2/c1-4-8(2)6-5-7-9(3)10(11)12/h4,7H,1-3H3,(H,11,12)/b8-4+,9-7-. The van der Waals surface area contributed by atoms with Crippen molar-refractivity contribution in [3.8, 4) is 11.8 Å². The maximum Gasteiger partial charge on any atom is 0.331 e. The van der Waals surface area contributed by atoms with Gasteiger partial charge in [0.05, 0.1) is 0 Å². The van der Waals surface area contributed by atoms with E-state index in [0.717, 1.165) is 5.57 Å². The van der Waals surface area contributed by atoms with Crippen LogP contribution in [0.5, 0.6) is 0 Å². The number of carbonyl (C=O) groups is 1. The van der Waals surface area contributed by atoms with E-state index in [1.54, 1.807) is 0 Å². The largest absolute Gasteiger partial charge is 0.478 e. The van der Waals surface area contributed by atoms with Crippen LogP contribution in [0.3, 0.4) is 0 Å². The molecule has 0 atom stereocenters. The summed E-state index contributed by atoms with van der Waals surface area (Å²) >= 11 is 0. The molecule has 0 aliphatic rings. The van der Waals surface area contributed by atoms with E-state index < -0.39 is 5.97 Å². The molecule has 1 N–H and O–H groups in total. The zero-order chi connectivity index (χ0) is 9.56. The number of carboxylic acids is 1. The quantitative estimate of drug-likeness (QED) is 0.475. The highest BCUT2D eigenvalue weighted by molar-refractivity contribution is 5.86. The molecular formula is C10H12O2. The van der Waals surface area contributed by atoms with E-state index in [4.69, 9.17) is 5.11 Å². The van der Waals surface area contributed by atoms with Gasteiger partial charge in [0.1, 0.15) is 0 Å². The van der Waals surface area contributed by atoms with Gasteiger partial charge in [-0.05, 0) is 32.4 Å². The topological polar surface area (TPSA) is 37.3 Å². The summed E-state index contributed by atoms with van der Waals surface area (Å²) in [5.74, 6) is 4.52. The SMILES string of the molecule is C/C=C(\C)C#C/C=C(/C)C(=O)O. The Labute approximate surface area is 72.6 Å². The molecule has 0 aliphatic heterocycles. The third kappa shape index (κ3) is 4.35. The number of aliphatic carboxylic acids is 1. The monoisotopic (exact) mass is 164 g/mol. The molecule has 0 bridgehead atoms. The predicted octanol–water partition coefficient (Wildman–Crippen LogP) is 1.99. The van der Waals surface area contributed by atoms with E-state index in [1.165, 1.54) is 13.0 Å². The van der Waals surface area contributed by atoms with Crippen molar-refractivity contribution in [2.75, 3.05) is 0 Å². The van der Waals surface area contributed by atoms with Gasteiger partial charge in [-0.25, -0.2) is 4.79 Å². The van der Waals surface area contributed by atoms with Gasteiger partial charge < -0.3 is 5.11 Å². The minimum absolute atomic E-state index is 0.256. The van der Waals surface area contributed by atoms with E-state index in [-0.39, 0.29) is 5.57 Å². The summed E-state index contributed by atoms with van der Waals surface area (Å²) < 4.78 is 0. The van der Waals surface area contributed by atoms with Crippen molar-refractivity contribution in [1.82, 2.24) is 0 Å². The molecule has 0 aromatic carbocycles. The van der Waals surface area contributed by atoms with Gasteiger partial charge in [-0.2, -0.15) is 0 Å².